The summed E-state index contributed by atoms with van der Waals surface area (Å²) in [4.78, 5) is 8.62. The van der Waals surface area contributed by atoms with Gasteiger partial charge in [0.2, 0.25) is 0 Å². The minimum absolute atomic E-state index is 0.871. The molecule has 3 rings (SSSR count). The van der Waals surface area contributed by atoms with Gasteiger partial charge >= 0.3 is 0 Å². The van der Waals surface area contributed by atoms with Gasteiger partial charge in [0.15, 0.2) is 5.16 Å². The molecule has 0 unspecified atom stereocenters. The molecule has 0 aliphatic carbocycles. The van der Waals surface area contributed by atoms with E-state index in [0.29, 0.717) is 0 Å². The fraction of sp³-hybridized carbons (Fsp3) is 0.176. The van der Waals surface area contributed by atoms with Gasteiger partial charge in [0.1, 0.15) is 0 Å². The maximum absolute atomic E-state index is 4.47. The van der Waals surface area contributed by atoms with Crippen LogP contribution in [-0.2, 0) is 5.75 Å². The molecular formula is C17H17N3S. The standard InChI is InChI=1S/C17H17N3S/c1-13-8-14(2)10-16(9-13)20-7-6-19-17(20)21-12-15-4-3-5-18-11-15/h3-11H,12H2,1-2H3. The number of hydrogen-bond acceptors (Lipinski definition) is 3. The van der Waals surface area contributed by atoms with Gasteiger partial charge in [-0.25, -0.2) is 4.98 Å². The van der Waals surface area contributed by atoms with Crippen LogP contribution in [0, 0.1) is 13.8 Å². The lowest BCUT2D eigenvalue weighted by molar-refractivity contribution is 0.892. The summed E-state index contributed by atoms with van der Waals surface area (Å²) in [5.74, 6) is 0.871. The lowest BCUT2D eigenvalue weighted by atomic mass is 10.1. The second-order valence-electron chi connectivity index (χ2n) is 5.08. The van der Waals surface area contributed by atoms with E-state index in [1.807, 2.05) is 24.7 Å². The number of nitrogens with zero attached hydrogens (tertiary/aromatic N) is 3. The van der Waals surface area contributed by atoms with Crippen LogP contribution in [0.3, 0.4) is 0 Å². The maximum Gasteiger partial charge on any atom is 0.172 e. The monoisotopic (exact) mass is 295 g/mol. The molecule has 106 valence electrons. The molecule has 0 aliphatic rings. The van der Waals surface area contributed by atoms with Crippen molar-refractivity contribution in [3.8, 4) is 5.69 Å². The molecule has 0 fully saturated rings. The van der Waals surface area contributed by atoms with E-state index in [-0.39, 0.29) is 0 Å². The predicted molar refractivity (Wildman–Crippen MR) is 86.8 cm³/mol. The molecule has 3 aromatic rings. The van der Waals surface area contributed by atoms with Gasteiger partial charge in [-0.1, -0.05) is 23.9 Å². The highest BCUT2D eigenvalue weighted by Crippen LogP contribution is 2.24. The first-order valence-electron chi connectivity index (χ1n) is 6.86. The van der Waals surface area contributed by atoms with Gasteiger partial charge in [-0.3, -0.25) is 9.55 Å². The summed E-state index contributed by atoms with van der Waals surface area (Å²) in [5.41, 5.74) is 4.90. The molecule has 0 saturated heterocycles. The van der Waals surface area contributed by atoms with Gasteiger partial charge in [0.25, 0.3) is 0 Å². The number of aromatic nitrogens is 3. The summed E-state index contributed by atoms with van der Waals surface area (Å²) in [6, 6.07) is 10.6. The number of pyridine rings is 1. The molecule has 2 heterocycles. The van der Waals surface area contributed by atoms with Crippen molar-refractivity contribution in [2.45, 2.75) is 24.8 Å². The average molecular weight is 295 g/mol. The molecule has 2 aromatic heterocycles. The molecule has 1 aromatic carbocycles. The number of rotatable bonds is 4. The van der Waals surface area contributed by atoms with E-state index in [1.54, 1.807) is 18.0 Å². The van der Waals surface area contributed by atoms with E-state index in [1.165, 1.54) is 22.4 Å². The Hall–Kier alpha value is -2.07. The van der Waals surface area contributed by atoms with E-state index in [9.17, 15) is 0 Å². The van der Waals surface area contributed by atoms with Crippen molar-refractivity contribution in [2.75, 3.05) is 0 Å². The van der Waals surface area contributed by atoms with Gasteiger partial charge in [-0.15, -0.1) is 0 Å². The zero-order valence-corrected chi connectivity index (χ0v) is 13.0. The minimum atomic E-state index is 0.871. The fourth-order valence-electron chi connectivity index (χ4n) is 2.31. The Balaban J connectivity index is 1.84. The molecular weight excluding hydrogens is 278 g/mol. The third kappa shape index (κ3) is 3.34. The van der Waals surface area contributed by atoms with Crippen LogP contribution in [-0.4, -0.2) is 14.5 Å². The van der Waals surface area contributed by atoms with Gasteiger partial charge in [-0.2, -0.15) is 0 Å². The second-order valence-corrected chi connectivity index (χ2v) is 6.02. The van der Waals surface area contributed by atoms with Crippen molar-refractivity contribution in [2.24, 2.45) is 0 Å². The summed E-state index contributed by atoms with van der Waals surface area (Å²) >= 11 is 1.73. The number of imidazole rings is 1. The van der Waals surface area contributed by atoms with Crippen LogP contribution >= 0.6 is 11.8 Å². The molecule has 0 bridgehead atoms. The third-order valence-electron chi connectivity index (χ3n) is 3.18. The minimum Gasteiger partial charge on any atom is -0.295 e. The van der Waals surface area contributed by atoms with Crippen LogP contribution in [0.25, 0.3) is 5.69 Å². The molecule has 0 radical (unpaired) electrons. The lowest BCUT2D eigenvalue weighted by Crippen LogP contribution is -1.97. The largest absolute Gasteiger partial charge is 0.295 e. The van der Waals surface area contributed by atoms with E-state index < -0.39 is 0 Å². The van der Waals surface area contributed by atoms with Crippen LogP contribution in [0.1, 0.15) is 16.7 Å². The number of benzene rings is 1. The van der Waals surface area contributed by atoms with Crippen molar-refractivity contribution < 1.29 is 0 Å². The molecule has 0 saturated carbocycles. The molecule has 0 aliphatic heterocycles. The van der Waals surface area contributed by atoms with E-state index in [2.05, 4.69) is 52.6 Å². The number of aryl methyl sites for hydroxylation is 2. The average Bonchev–Trinajstić information content (AvgIpc) is 2.93. The SMILES string of the molecule is Cc1cc(C)cc(-n2ccnc2SCc2cccnc2)c1. The second kappa shape index (κ2) is 6.14. The third-order valence-corrected chi connectivity index (χ3v) is 4.22. The van der Waals surface area contributed by atoms with Crippen LogP contribution in [0.2, 0.25) is 0 Å². The number of thioether (sulfide) groups is 1. The molecule has 4 heteroatoms. The summed E-state index contributed by atoms with van der Waals surface area (Å²) < 4.78 is 2.14. The van der Waals surface area contributed by atoms with E-state index in [4.69, 9.17) is 0 Å². The Morgan fingerprint density at radius 3 is 2.62 bits per heavy atom. The Morgan fingerprint density at radius 2 is 1.90 bits per heavy atom. The summed E-state index contributed by atoms with van der Waals surface area (Å²) in [5, 5.41) is 1.00. The van der Waals surface area contributed by atoms with Gasteiger partial charge in [-0.05, 0) is 48.7 Å². The Kier molecular flexibility index (Phi) is 4.06. The van der Waals surface area contributed by atoms with Gasteiger partial charge in [0, 0.05) is 36.2 Å². The van der Waals surface area contributed by atoms with Crippen molar-refractivity contribution in [1.29, 1.82) is 0 Å². The molecule has 21 heavy (non-hydrogen) atoms. The quantitative estimate of drug-likeness (QED) is 0.677. The van der Waals surface area contributed by atoms with Crippen molar-refractivity contribution in [3.63, 3.8) is 0 Å². The summed E-state index contributed by atoms with van der Waals surface area (Å²) in [7, 11) is 0. The first kappa shape index (κ1) is 13.9. The van der Waals surface area contributed by atoms with Crippen molar-refractivity contribution in [1.82, 2.24) is 14.5 Å². The van der Waals surface area contributed by atoms with Crippen molar-refractivity contribution in [3.05, 3.63) is 71.8 Å². The maximum atomic E-state index is 4.47. The Bertz CT molecular complexity index is 715. The first-order chi connectivity index (χ1) is 10.2. The zero-order valence-electron chi connectivity index (χ0n) is 12.2. The van der Waals surface area contributed by atoms with Gasteiger partial charge < -0.3 is 0 Å². The molecule has 0 atom stereocenters. The van der Waals surface area contributed by atoms with E-state index >= 15 is 0 Å². The normalized spacial score (nSPS) is 10.8. The van der Waals surface area contributed by atoms with Crippen molar-refractivity contribution >= 4 is 11.8 Å². The molecule has 0 spiro atoms. The fourth-order valence-corrected chi connectivity index (χ4v) is 3.22. The van der Waals surface area contributed by atoms with E-state index in [0.717, 1.165) is 10.9 Å². The molecule has 0 amide bonds. The first-order valence-corrected chi connectivity index (χ1v) is 7.84. The predicted octanol–water partition coefficient (Wildman–Crippen LogP) is 4.18. The zero-order chi connectivity index (χ0) is 14.7. The Labute approximate surface area is 129 Å². The number of hydrogen-bond donors (Lipinski definition) is 0. The van der Waals surface area contributed by atoms with Crippen LogP contribution in [0.4, 0.5) is 0 Å². The lowest BCUT2D eigenvalue weighted by Gasteiger charge is -2.09. The summed E-state index contributed by atoms with van der Waals surface area (Å²) in [6.07, 6.45) is 7.56. The van der Waals surface area contributed by atoms with Gasteiger partial charge in [0.05, 0.1) is 0 Å². The summed E-state index contributed by atoms with van der Waals surface area (Å²) in [6.45, 7) is 4.24. The van der Waals surface area contributed by atoms with Crippen LogP contribution < -0.4 is 0 Å². The Morgan fingerprint density at radius 1 is 1.10 bits per heavy atom. The van der Waals surface area contributed by atoms with Crippen LogP contribution in [0.15, 0.2) is 60.3 Å². The highest BCUT2D eigenvalue weighted by molar-refractivity contribution is 7.98. The highest BCUT2D eigenvalue weighted by atomic mass is 32.2. The molecule has 0 N–H and O–H groups in total. The highest BCUT2D eigenvalue weighted by Gasteiger charge is 2.07. The topological polar surface area (TPSA) is 30.7 Å². The van der Waals surface area contributed by atoms with Crippen LogP contribution in [0.5, 0.6) is 0 Å². The molecule has 3 nitrogen and oxygen atoms in total. The smallest absolute Gasteiger partial charge is 0.172 e.